The van der Waals surface area contributed by atoms with Crippen molar-refractivity contribution < 1.29 is 14.3 Å². The number of nitrogens with zero attached hydrogens (tertiary/aromatic N) is 1. The molecule has 0 aromatic heterocycles. The number of carbonyl (C=O) groups is 1. The fourth-order valence-electron chi connectivity index (χ4n) is 3.58. The third kappa shape index (κ3) is 2.92. The zero-order valence-corrected chi connectivity index (χ0v) is 14.1. The van der Waals surface area contributed by atoms with E-state index in [4.69, 9.17) is 14.7 Å². The first-order valence-electron chi connectivity index (χ1n) is 8.57. The Kier molecular flexibility index (Phi) is 3.82. The third-order valence-corrected chi connectivity index (χ3v) is 5.05. The van der Waals surface area contributed by atoms with Gasteiger partial charge in [-0.3, -0.25) is 4.79 Å². The SMILES string of the molecule is C[C@H]1CC[C@]2(CO1)CC(=O)c1cc(-c3cccc(C#N)c3)ccc1O2. The van der Waals surface area contributed by atoms with E-state index in [-0.39, 0.29) is 11.9 Å². The smallest absolute Gasteiger partial charge is 0.170 e. The van der Waals surface area contributed by atoms with Gasteiger partial charge in [0.1, 0.15) is 11.4 Å². The number of fused-ring (bicyclic) bond motifs is 1. The van der Waals surface area contributed by atoms with Crippen molar-refractivity contribution in [1.82, 2.24) is 0 Å². The number of benzene rings is 2. The largest absolute Gasteiger partial charge is 0.484 e. The van der Waals surface area contributed by atoms with Crippen LogP contribution in [-0.2, 0) is 4.74 Å². The van der Waals surface area contributed by atoms with E-state index in [9.17, 15) is 4.79 Å². The van der Waals surface area contributed by atoms with Crippen molar-refractivity contribution in [3.63, 3.8) is 0 Å². The van der Waals surface area contributed by atoms with Gasteiger partial charge in [-0.05, 0) is 55.2 Å². The molecule has 2 aliphatic rings. The van der Waals surface area contributed by atoms with Gasteiger partial charge in [-0.1, -0.05) is 18.2 Å². The average molecular weight is 333 g/mol. The molecular weight excluding hydrogens is 314 g/mol. The van der Waals surface area contributed by atoms with Crippen LogP contribution in [0.3, 0.4) is 0 Å². The Morgan fingerprint density at radius 3 is 2.80 bits per heavy atom. The van der Waals surface area contributed by atoms with E-state index in [0.29, 0.717) is 29.9 Å². The molecule has 0 aliphatic carbocycles. The monoisotopic (exact) mass is 333 g/mol. The van der Waals surface area contributed by atoms with Gasteiger partial charge >= 0.3 is 0 Å². The summed E-state index contributed by atoms with van der Waals surface area (Å²) in [7, 11) is 0. The van der Waals surface area contributed by atoms with Crippen LogP contribution in [-0.4, -0.2) is 24.1 Å². The highest BCUT2D eigenvalue weighted by atomic mass is 16.6. The lowest BCUT2D eigenvalue weighted by Crippen LogP contribution is -2.49. The fourth-order valence-corrected chi connectivity index (χ4v) is 3.58. The molecule has 0 radical (unpaired) electrons. The van der Waals surface area contributed by atoms with E-state index in [2.05, 4.69) is 6.07 Å². The number of ether oxygens (including phenoxy) is 2. The Morgan fingerprint density at radius 1 is 1.20 bits per heavy atom. The quantitative estimate of drug-likeness (QED) is 0.787. The molecule has 0 unspecified atom stereocenters. The van der Waals surface area contributed by atoms with Crippen molar-refractivity contribution in [1.29, 1.82) is 5.26 Å². The summed E-state index contributed by atoms with van der Waals surface area (Å²) in [5.74, 6) is 0.729. The average Bonchev–Trinajstić information content (AvgIpc) is 2.64. The molecular formula is C21H19NO3. The molecule has 4 nitrogen and oxygen atoms in total. The first-order valence-corrected chi connectivity index (χ1v) is 8.57. The molecule has 2 aromatic rings. The van der Waals surface area contributed by atoms with E-state index in [1.165, 1.54) is 0 Å². The Balaban J connectivity index is 1.67. The Labute approximate surface area is 147 Å². The van der Waals surface area contributed by atoms with Crippen LogP contribution in [0.5, 0.6) is 5.75 Å². The standard InChI is InChI=1S/C21H19NO3/c1-14-7-8-21(13-24-14)11-19(23)18-10-17(5-6-20(18)25-21)16-4-2-3-15(9-16)12-22/h2-6,9-10,14H,7-8,11,13H2,1H3/t14-,21+/m0/s1. The molecule has 126 valence electrons. The molecule has 0 amide bonds. The van der Waals surface area contributed by atoms with Gasteiger partial charge in [-0.25, -0.2) is 0 Å². The topological polar surface area (TPSA) is 59.3 Å². The molecule has 0 N–H and O–H groups in total. The van der Waals surface area contributed by atoms with Crippen LogP contribution in [0.25, 0.3) is 11.1 Å². The first-order chi connectivity index (χ1) is 12.1. The van der Waals surface area contributed by atoms with Gasteiger partial charge in [0.05, 0.1) is 36.3 Å². The van der Waals surface area contributed by atoms with Crippen LogP contribution >= 0.6 is 0 Å². The third-order valence-electron chi connectivity index (χ3n) is 5.05. The lowest BCUT2D eigenvalue weighted by Gasteiger charge is -2.42. The van der Waals surface area contributed by atoms with E-state index >= 15 is 0 Å². The predicted molar refractivity (Wildman–Crippen MR) is 93.5 cm³/mol. The second kappa shape index (κ2) is 6.02. The summed E-state index contributed by atoms with van der Waals surface area (Å²) >= 11 is 0. The molecule has 4 heteroatoms. The molecule has 25 heavy (non-hydrogen) atoms. The molecule has 1 saturated heterocycles. The van der Waals surface area contributed by atoms with Crippen molar-refractivity contribution in [2.75, 3.05) is 6.61 Å². The van der Waals surface area contributed by atoms with Gasteiger partial charge in [-0.2, -0.15) is 5.26 Å². The molecule has 4 rings (SSSR count). The molecule has 0 saturated carbocycles. The van der Waals surface area contributed by atoms with Crippen molar-refractivity contribution >= 4 is 5.78 Å². The minimum Gasteiger partial charge on any atom is -0.484 e. The minimum absolute atomic E-state index is 0.0951. The van der Waals surface area contributed by atoms with E-state index < -0.39 is 5.60 Å². The van der Waals surface area contributed by atoms with Crippen LogP contribution in [0.15, 0.2) is 42.5 Å². The summed E-state index contributed by atoms with van der Waals surface area (Å²) in [5.41, 5.74) is 2.54. The van der Waals surface area contributed by atoms with E-state index in [0.717, 1.165) is 24.0 Å². The van der Waals surface area contributed by atoms with Crippen LogP contribution in [0.1, 0.15) is 42.1 Å². The summed E-state index contributed by atoms with van der Waals surface area (Å²) in [4.78, 5) is 12.8. The number of carbonyl (C=O) groups excluding carboxylic acids is 1. The van der Waals surface area contributed by atoms with Crippen molar-refractivity contribution in [2.45, 2.75) is 37.9 Å². The Morgan fingerprint density at radius 2 is 2.04 bits per heavy atom. The summed E-state index contributed by atoms with van der Waals surface area (Å²) in [6.07, 6.45) is 2.32. The van der Waals surface area contributed by atoms with Crippen LogP contribution in [0.4, 0.5) is 0 Å². The molecule has 2 heterocycles. The highest BCUT2D eigenvalue weighted by Gasteiger charge is 2.43. The summed E-state index contributed by atoms with van der Waals surface area (Å²) < 4.78 is 12.0. The van der Waals surface area contributed by atoms with Crippen LogP contribution < -0.4 is 4.74 Å². The zero-order valence-electron chi connectivity index (χ0n) is 14.1. The Hall–Kier alpha value is -2.64. The molecule has 2 atom stereocenters. The highest BCUT2D eigenvalue weighted by Crippen LogP contribution is 2.40. The molecule has 1 spiro atoms. The minimum atomic E-state index is -0.515. The second-order valence-corrected chi connectivity index (χ2v) is 6.95. The maximum Gasteiger partial charge on any atom is 0.170 e. The molecule has 2 aliphatic heterocycles. The second-order valence-electron chi connectivity index (χ2n) is 6.95. The number of Topliss-reactive ketones (excluding diaryl/α,β-unsaturated/α-hetero) is 1. The number of rotatable bonds is 1. The van der Waals surface area contributed by atoms with Crippen LogP contribution in [0.2, 0.25) is 0 Å². The van der Waals surface area contributed by atoms with Crippen molar-refractivity contribution in [2.24, 2.45) is 0 Å². The van der Waals surface area contributed by atoms with Gasteiger partial charge in [0.2, 0.25) is 0 Å². The normalized spacial score (nSPS) is 25.1. The lowest BCUT2D eigenvalue weighted by molar-refractivity contribution is -0.101. The van der Waals surface area contributed by atoms with Gasteiger partial charge in [-0.15, -0.1) is 0 Å². The van der Waals surface area contributed by atoms with Gasteiger partial charge < -0.3 is 9.47 Å². The summed E-state index contributed by atoms with van der Waals surface area (Å²) in [6, 6.07) is 15.2. The van der Waals surface area contributed by atoms with E-state index in [1.807, 2.05) is 43.3 Å². The fraction of sp³-hybridized carbons (Fsp3) is 0.333. The zero-order chi connectivity index (χ0) is 17.4. The summed E-state index contributed by atoms with van der Waals surface area (Å²) in [6.45, 7) is 2.51. The number of nitriles is 1. The molecule has 2 aromatic carbocycles. The molecule has 0 bridgehead atoms. The van der Waals surface area contributed by atoms with E-state index in [1.54, 1.807) is 6.07 Å². The number of ketones is 1. The van der Waals surface area contributed by atoms with Crippen LogP contribution in [0, 0.1) is 11.3 Å². The maximum atomic E-state index is 12.8. The number of hydrogen-bond donors (Lipinski definition) is 0. The van der Waals surface area contributed by atoms with Crippen molar-refractivity contribution in [3.05, 3.63) is 53.6 Å². The lowest BCUT2D eigenvalue weighted by atomic mass is 9.84. The first kappa shape index (κ1) is 15.9. The highest BCUT2D eigenvalue weighted by molar-refractivity contribution is 6.01. The number of hydrogen-bond acceptors (Lipinski definition) is 4. The van der Waals surface area contributed by atoms with Gasteiger partial charge in [0, 0.05) is 0 Å². The van der Waals surface area contributed by atoms with Gasteiger partial charge in [0.25, 0.3) is 0 Å². The Bertz CT molecular complexity index is 873. The van der Waals surface area contributed by atoms with Gasteiger partial charge in [0.15, 0.2) is 5.78 Å². The molecule has 1 fully saturated rings. The maximum absolute atomic E-state index is 12.8. The predicted octanol–water partition coefficient (Wildman–Crippen LogP) is 4.13. The summed E-state index contributed by atoms with van der Waals surface area (Å²) in [5, 5.41) is 9.07. The van der Waals surface area contributed by atoms with Crippen molar-refractivity contribution in [3.8, 4) is 22.9 Å².